The third kappa shape index (κ3) is 3.17. The summed E-state index contributed by atoms with van der Waals surface area (Å²) in [6.07, 6.45) is 1.99. The molecule has 26 heavy (non-hydrogen) atoms. The van der Waals surface area contributed by atoms with Gasteiger partial charge in [0, 0.05) is 19.0 Å². The second-order valence-electron chi connectivity index (χ2n) is 7.18. The minimum atomic E-state index is -1.06. The summed E-state index contributed by atoms with van der Waals surface area (Å²) in [4.78, 5) is 40.2. The first-order chi connectivity index (χ1) is 12.3. The van der Waals surface area contributed by atoms with Crippen molar-refractivity contribution in [2.24, 2.45) is 5.92 Å². The summed E-state index contributed by atoms with van der Waals surface area (Å²) < 4.78 is 1.73. The Balaban J connectivity index is 1.78. The molecule has 1 aromatic heterocycles. The summed E-state index contributed by atoms with van der Waals surface area (Å²) in [5, 5.41) is 17.6. The van der Waals surface area contributed by atoms with Gasteiger partial charge in [-0.1, -0.05) is 13.3 Å². The molecule has 3 rings (SSSR count). The average molecular weight is 363 g/mol. The zero-order valence-corrected chi connectivity index (χ0v) is 15.4. The van der Waals surface area contributed by atoms with Gasteiger partial charge in [-0.05, 0) is 20.3 Å². The summed E-state index contributed by atoms with van der Waals surface area (Å²) in [5.74, 6) is -0.671. The van der Waals surface area contributed by atoms with Crippen molar-refractivity contribution in [2.45, 2.75) is 65.2 Å². The highest BCUT2D eigenvalue weighted by molar-refractivity contribution is 5.91. The topological polar surface area (TPSA) is 109 Å². The number of carbonyl (C=O) groups is 3. The largest absolute Gasteiger partial charge is 0.480 e. The van der Waals surface area contributed by atoms with Gasteiger partial charge in [0.25, 0.3) is 0 Å². The van der Waals surface area contributed by atoms with Gasteiger partial charge in [0.2, 0.25) is 11.8 Å². The van der Waals surface area contributed by atoms with E-state index in [1.807, 2.05) is 6.92 Å². The number of aromatic nitrogens is 3. The van der Waals surface area contributed by atoms with Gasteiger partial charge >= 0.3 is 5.97 Å². The fraction of sp³-hybridized carbons (Fsp3) is 0.706. The monoisotopic (exact) mass is 363 g/mol. The lowest BCUT2D eigenvalue weighted by Gasteiger charge is -2.35. The van der Waals surface area contributed by atoms with E-state index in [1.165, 1.54) is 4.90 Å². The molecule has 0 aliphatic carbocycles. The molecule has 1 saturated heterocycles. The van der Waals surface area contributed by atoms with Gasteiger partial charge in [-0.15, -0.1) is 10.2 Å². The number of carboxylic acid groups (broad SMARTS) is 1. The zero-order chi connectivity index (χ0) is 19.0. The number of nitrogens with zero attached hydrogens (tertiary/aromatic N) is 5. The molecule has 1 aromatic rings. The van der Waals surface area contributed by atoms with Gasteiger partial charge in [0.1, 0.15) is 11.9 Å². The maximum atomic E-state index is 13.0. The van der Waals surface area contributed by atoms with Crippen LogP contribution in [0.4, 0.5) is 0 Å². The van der Waals surface area contributed by atoms with E-state index in [2.05, 4.69) is 17.1 Å². The van der Waals surface area contributed by atoms with Crippen molar-refractivity contribution in [3.8, 4) is 0 Å². The first kappa shape index (κ1) is 18.3. The Morgan fingerprint density at radius 3 is 2.69 bits per heavy atom. The Morgan fingerprint density at radius 1 is 1.31 bits per heavy atom. The van der Waals surface area contributed by atoms with Crippen LogP contribution in [-0.4, -0.2) is 66.1 Å². The van der Waals surface area contributed by atoms with Gasteiger partial charge in [0.15, 0.2) is 5.82 Å². The number of hydrogen-bond acceptors (Lipinski definition) is 5. The van der Waals surface area contributed by atoms with Crippen LogP contribution in [0.15, 0.2) is 0 Å². The highest BCUT2D eigenvalue weighted by atomic mass is 16.4. The summed E-state index contributed by atoms with van der Waals surface area (Å²) in [6.45, 7) is 6.39. The van der Waals surface area contributed by atoms with E-state index in [0.29, 0.717) is 18.2 Å². The smallest absolute Gasteiger partial charge is 0.328 e. The molecule has 2 aliphatic heterocycles. The SMILES string of the molecule is CCCC(C)N1CC(C(=O)N2Cc3nnc(C)n3CC2C(=O)O)CC1=O. The molecule has 3 heterocycles. The third-order valence-electron chi connectivity index (χ3n) is 5.37. The normalized spacial score (nSPS) is 23.9. The molecule has 1 fully saturated rings. The first-order valence-corrected chi connectivity index (χ1v) is 9.04. The van der Waals surface area contributed by atoms with E-state index < -0.39 is 17.9 Å². The number of carbonyl (C=O) groups excluding carboxylic acids is 2. The molecular weight excluding hydrogens is 338 g/mol. The molecule has 2 aliphatic rings. The predicted octanol–water partition coefficient (Wildman–Crippen LogP) is 0.419. The van der Waals surface area contributed by atoms with Crippen LogP contribution < -0.4 is 0 Å². The van der Waals surface area contributed by atoms with Crippen molar-refractivity contribution in [1.82, 2.24) is 24.6 Å². The molecule has 0 spiro atoms. The Kier molecular flexibility index (Phi) is 4.97. The Hall–Kier alpha value is -2.45. The van der Waals surface area contributed by atoms with Crippen LogP contribution in [0.3, 0.4) is 0 Å². The molecule has 3 atom stereocenters. The molecule has 2 amide bonds. The second kappa shape index (κ2) is 7.05. The molecule has 142 valence electrons. The number of rotatable bonds is 5. The van der Waals surface area contributed by atoms with Crippen LogP contribution in [0.5, 0.6) is 0 Å². The Bertz CT molecular complexity index is 731. The summed E-state index contributed by atoms with van der Waals surface area (Å²) in [6, 6.07) is -0.880. The van der Waals surface area contributed by atoms with Crippen molar-refractivity contribution in [1.29, 1.82) is 0 Å². The fourth-order valence-electron chi connectivity index (χ4n) is 3.89. The number of aliphatic carboxylic acids is 1. The lowest BCUT2D eigenvalue weighted by Crippen LogP contribution is -2.52. The van der Waals surface area contributed by atoms with Gasteiger partial charge in [-0.3, -0.25) is 9.59 Å². The maximum absolute atomic E-state index is 13.0. The van der Waals surface area contributed by atoms with E-state index >= 15 is 0 Å². The summed E-state index contributed by atoms with van der Waals surface area (Å²) in [5.41, 5.74) is 0. The molecule has 9 heteroatoms. The van der Waals surface area contributed by atoms with Gasteiger partial charge in [-0.2, -0.15) is 0 Å². The second-order valence-corrected chi connectivity index (χ2v) is 7.18. The highest BCUT2D eigenvalue weighted by Crippen LogP contribution is 2.27. The van der Waals surface area contributed by atoms with Gasteiger partial charge in [-0.25, -0.2) is 4.79 Å². The standard InChI is InChI=1S/C17H25N5O4/c1-4-5-10(2)20-7-12(6-15(20)23)16(24)22-9-14-19-18-11(3)21(14)8-13(22)17(25)26/h10,12-13H,4-9H2,1-3H3,(H,25,26). The van der Waals surface area contributed by atoms with E-state index in [4.69, 9.17) is 0 Å². The highest BCUT2D eigenvalue weighted by Gasteiger charge is 2.43. The van der Waals surface area contributed by atoms with Crippen LogP contribution in [0, 0.1) is 12.8 Å². The van der Waals surface area contributed by atoms with Crippen LogP contribution in [0.2, 0.25) is 0 Å². The van der Waals surface area contributed by atoms with Crippen molar-refractivity contribution in [3.63, 3.8) is 0 Å². The molecule has 0 bridgehead atoms. The lowest BCUT2D eigenvalue weighted by atomic mass is 10.0. The minimum Gasteiger partial charge on any atom is -0.480 e. The predicted molar refractivity (Wildman–Crippen MR) is 90.9 cm³/mol. The van der Waals surface area contributed by atoms with Gasteiger partial charge in [0.05, 0.1) is 19.0 Å². The Labute approximate surface area is 152 Å². The van der Waals surface area contributed by atoms with Crippen molar-refractivity contribution in [3.05, 3.63) is 11.6 Å². The number of hydrogen-bond donors (Lipinski definition) is 1. The number of fused-ring (bicyclic) bond motifs is 1. The minimum absolute atomic E-state index is 0.0350. The van der Waals surface area contributed by atoms with E-state index in [1.54, 1.807) is 16.4 Å². The number of amides is 2. The van der Waals surface area contributed by atoms with Crippen molar-refractivity contribution >= 4 is 17.8 Å². The molecular formula is C17H25N5O4. The molecule has 0 radical (unpaired) electrons. The molecule has 0 saturated carbocycles. The van der Waals surface area contributed by atoms with Crippen LogP contribution >= 0.6 is 0 Å². The fourth-order valence-corrected chi connectivity index (χ4v) is 3.89. The molecule has 3 unspecified atom stereocenters. The van der Waals surface area contributed by atoms with Gasteiger partial charge < -0.3 is 19.5 Å². The average Bonchev–Trinajstić information content (AvgIpc) is 3.16. The number of carboxylic acids is 1. The van der Waals surface area contributed by atoms with Crippen LogP contribution in [0.25, 0.3) is 0 Å². The molecule has 0 aromatic carbocycles. The Morgan fingerprint density at radius 2 is 2.04 bits per heavy atom. The third-order valence-corrected chi connectivity index (χ3v) is 5.37. The van der Waals surface area contributed by atoms with E-state index in [9.17, 15) is 19.5 Å². The van der Waals surface area contributed by atoms with Crippen LogP contribution in [-0.2, 0) is 27.5 Å². The van der Waals surface area contributed by atoms with Crippen LogP contribution in [0.1, 0.15) is 44.8 Å². The van der Waals surface area contributed by atoms with Crippen molar-refractivity contribution < 1.29 is 19.5 Å². The van der Waals surface area contributed by atoms with E-state index in [0.717, 1.165) is 12.8 Å². The molecule has 9 nitrogen and oxygen atoms in total. The quantitative estimate of drug-likeness (QED) is 0.812. The summed E-state index contributed by atoms with van der Waals surface area (Å²) in [7, 11) is 0. The lowest BCUT2D eigenvalue weighted by molar-refractivity contribution is -0.154. The number of aryl methyl sites for hydroxylation is 1. The first-order valence-electron chi connectivity index (χ1n) is 9.04. The van der Waals surface area contributed by atoms with Crippen molar-refractivity contribution in [2.75, 3.05) is 6.54 Å². The summed E-state index contributed by atoms with van der Waals surface area (Å²) >= 11 is 0. The maximum Gasteiger partial charge on any atom is 0.328 e. The van der Waals surface area contributed by atoms with E-state index in [-0.39, 0.29) is 37.4 Å². The zero-order valence-electron chi connectivity index (χ0n) is 15.4. The molecule has 1 N–H and O–H groups in total. The number of likely N-dealkylation sites (tertiary alicyclic amines) is 1.